The molecule has 0 aliphatic heterocycles. The van der Waals surface area contributed by atoms with Crippen molar-refractivity contribution >= 4 is 23.6 Å². The smallest absolute Gasteiger partial charge is 0.326 e. The van der Waals surface area contributed by atoms with Crippen LogP contribution < -0.4 is 5.32 Å². The maximum Gasteiger partial charge on any atom is 0.326 e. The molecule has 1 atom stereocenters. The maximum atomic E-state index is 12.1. The standard InChI is InChI=1S/C12H19N3O3S/c1-4-9-8(7-15(2)14-9)11(16)13-10(12(17)18)5-6-19-3/h7,10H,4-6H2,1-3H3,(H,13,16)(H,17,18)/t10-/m0/s1. The highest BCUT2D eigenvalue weighted by molar-refractivity contribution is 7.98. The number of carbonyl (C=O) groups is 2. The summed E-state index contributed by atoms with van der Waals surface area (Å²) in [7, 11) is 1.73. The number of carboxylic acid groups (broad SMARTS) is 1. The molecular formula is C12H19N3O3S. The van der Waals surface area contributed by atoms with Crippen LogP contribution in [0.2, 0.25) is 0 Å². The van der Waals surface area contributed by atoms with E-state index in [0.717, 1.165) is 0 Å². The van der Waals surface area contributed by atoms with E-state index in [1.807, 2.05) is 13.2 Å². The fourth-order valence-corrected chi connectivity index (χ4v) is 2.19. The summed E-state index contributed by atoms with van der Waals surface area (Å²) in [5, 5.41) is 15.8. The van der Waals surface area contributed by atoms with Gasteiger partial charge in [0, 0.05) is 13.2 Å². The average Bonchev–Trinajstić information content (AvgIpc) is 2.75. The van der Waals surface area contributed by atoms with Gasteiger partial charge in [0.15, 0.2) is 0 Å². The van der Waals surface area contributed by atoms with Crippen molar-refractivity contribution in [3.63, 3.8) is 0 Å². The molecule has 1 aromatic heterocycles. The molecule has 0 aliphatic rings. The fraction of sp³-hybridized carbons (Fsp3) is 0.583. The van der Waals surface area contributed by atoms with Gasteiger partial charge in [0.25, 0.3) is 5.91 Å². The number of hydrogen-bond acceptors (Lipinski definition) is 4. The van der Waals surface area contributed by atoms with Gasteiger partial charge >= 0.3 is 5.97 Å². The summed E-state index contributed by atoms with van der Waals surface area (Å²) in [4.78, 5) is 23.2. The van der Waals surface area contributed by atoms with Gasteiger partial charge in [-0.05, 0) is 24.9 Å². The predicted molar refractivity (Wildman–Crippen MR) is 74.5 cm³/mol. The van der Waals surface area contributed by atoms with Gasteiger partial charge in [-0.15, -0.1) is 0 Å². The van der Waals surface area contributed by atoms with Gasteiger partial charge in [-0.1, -0.05) is 6.92 Å². The number of nitrogens with one attached hydrogen (secondary N) is 1. The van der Waals surface area contributed by atoms with Crippen molar-refractivity contribution in [2.45, 2.75) is 25.8 Å². The minimum Gasteiger partial charge on any atom is -0.480 e. The number of hydrogen-bond donors (Lipinski definition) is 2. The van der Waals surface area contributed by atoms with E-state index in [9.17, 15) is 9.59 Å². The Morgan fingerprint density at radius 1 is 1.58 bits per heavy atom. The Morgan fingerprint density at radius 2 is 2.26 bits per heavy atom. The van der Waals surface area contributed by atoms with Gasteiger partial charge < -0.3 is 10.4 Å². The van der Waals surface area contributed by atoms with Crippen molar-refractivity contribution in [1.29, 1.82) is 0 Å². The van der Waals surface area contributed by atoms with Crippen molar-refractivity contribution in [3.8, 4) is 0 Å². The van der Waals surface area contributed by atoms with Crippen molar-refractivity contribution in [2.75, 3.05) is 12.0 Å². The third kappa shape index (κ3) is 4.27. The van der Waals surface area contributed by atoms with Crippen LogP contribution in [-0.2, 0) is 18.3 Å². The molecule has 0 spiro atoms. The van der Waals surface area contributed by atoms with Gasteiger partial charge in [0.1, 0.15) is 6.04 Å². The molecule has 0 aliphatic carbocycles. The lowest BCUT2D eigenvalue weighted by atomic mass is 10.1. The highest BCUT2D eigenvalue weighted by Gasteiger charge is 2.22. The number of carboxylic acids is 1. The molecule has 0 saturated heterocycles. The van der Waals surface area contributed by atoms with E-state index in [4.69, 9.17) is 5.11 Å². The SMILES string of the molecule is CCc1nn(C)cc1C(=O)N[C@@H](CCSC)C(=O)O. The van der Waals surface area contributed by atoms with E-state index in [2.05, 4.69) is 10.4 Å². The largest absolute Gasteiger partial charge is 0.480 e. The van der Waals surface area contributed by atoms with Crippen LogP contribution in [0.25, 0.3) is 0 Å². The highest BCUT2D eigenvalue weighted by atomic mass is 32.2. The summed E-state index contributed by atoms with van der Waals surface area (Å²) in [6.07, 6.45) is 4.55. The van der Waals surface area contributed by atoms with E-state index >= 15 is 0 Å². The Balaban J connectivity index is 2.78. The summed E-state index contributed by atoms with van der Waals surface area (Å²) in [5.74, 6) is -0.701. The highest BCUT2D eigenvalue weighted by Crippen LogP contribution is 2.09. The fourth-order valence-electron chi connectivity index (χ4n) is 1.71. The Morgan fingerprint density at radius 3 is 2.79 bits per heavy atom. The first-order valence-corrected chi connectivity index (χ1v) is 7.44. The molecule has 19 heavy (non-hydrogen) atoms. The first-order chi connectivity index (χ1) is 8.99. The number of aryl methyl sites for hydroxylation is 2. The Bertz CT molecular complexity index is 459. The number of aliphatic carboxylic acids is 1. The molecule has 1 aromatic rings. The lowest BCUT2D eigenvalue weighted by molar-refractivity contribution is -0.139. The third-order valence-corrected chi connectivity index (χ3v) is 3.34. The van der Waals surface area contributed by atoms with Crippen LogP contribution in [-0.4, -0.2) is 44.8 Å². The number of nitrogens with zero attached hydrogens (tertiary/aromatic N) is 2. The number of thioether (sulfide) groups is 1. The number of amides is 1. The second-order valence-corrected chi connectivity index (χ2v) is 5.15. The zero-order valence-electron chi connectivity index (χ0n) is 11.3. The van der Waals surface area contributed by atoms with Crippen molar-refractivity contribution in [3.05, 3.63) is 17.5 Å². The van der Waals surface area contributed by atoms with Crippen LogP contribution in [0.4, 0.5) is 0 Å². The molecule has 1 amide bonds. The number of carbonyl (C=O) groups excluding carboxylic acids is 1. The minimum absolute atomic E-state index is 0.376. The van der Waals surface area contributed by atoms with Crippen LogP contribution in [0.5, 0.6) is 0 Å². The van der Waals surface area contributed by atoms with E-state index in [0.29, 0.717) is 29.9 Å². The van der Waals surface area contributed by atoms with Crippen LogP contribution in [0.1, 0.15) is 29.4 Å². The van der Waals surface area contributed by atoms with Crippen LogP contribution in [0.3, 0.4) is 0 Å². The van der Waals surface area contributed by atoms with Crippen LogP contribution in [0.15, 0.2) is 6.20 Å². The lowest BCUT2D eigenvalue weighted by Crippen LogP contribution is -2.41. The molecule has 0 saturated carbocycles. The van der Waals surface area contributed by atoms with E-state index in [1.165, 1.54) is 0 Å². The molecule has 0 radical (unpaired) electrons. The van der Waals surface area contributed by atoms with E-state index < -0.39 is 12.0 Å². The molecule has 6 nitrogen and oxygen atoms in total. The van der Waals surface area contributed by atoms with Crippen LogP contribution in [0, 0.1) is 0 Å². The Hall–Kier alpha value is -1.50. The normalized spacial score (nSPS) is 12.2. The van der Waals surface area contributed by atoms with Crippen molar-refractivity contribution < 1.29 is 14.7 Å². The van der Waals surface area contributed by atoms with Gasteiger partial charge in [0.2, 0.25) is 0 Å². The Labute approximate surface area is 116 Å². The number of aromatic nitrogens is 2. The molecular weight excluding hydrogens is 266 g/mol. The van der Waals surface area contributed by atoms with Crippen LogP contribution >= 0.6 is 11.8 Å². The van der Waals surface area contributed by atoms with E-state index in [1.54, 1.807) is 29.7 Å². The summed E-state index contributed by atoms with van der Waals surface area (Å²) in [5.41, 5.74) is 1.12. The first-order valence-electron chi connectivity index (χ1n) is 6.04. The molecule has 0 bridgehead atoms. The van der Waals surface area contributed by atoms with Gasteiger partial charge in [0.05, 0.1) is 11.3 Å². The monoisotopic (exact) mass is 285 g/mol. The zero-order chi connectivity index (χ0) is 14.4. The predicted octanol–water partition coefficient (Wildman–Crippen LogP) is 0.919. The topological polar surface area (TPSA) is 84.2 Å². The molecule has 0 fully saturated rings. The van der Waals surface area contributed by atoms with Gasteiger partial charge in [-0.25, -0.2) is 4.79 Å². The molecule has 0 aromatic carbocycles. The molecule has 1 rings (SSSR count). The molecule has 2 N–H and O–H groups in total. The zero-order valence-corrected chi connectivity index (χ0v) is 12.2. The molecule has 106 valence electrons. The quantitative estimate of drug-likeness (QED) is 0.778. The molecule has 7 heteroatoms. The van der Waals surface area contributed by atoms with Gasteiger partial charge in [-0.3, -0.25) is 9.48 Å². The second-order valence-electron chi connectivity index (χ2n) is 4.16. The summed E-state index contributed by atoms with van der Waals surface area (Å²) in [6.45, 7) is 1.90. The van der Waals surface area contributed by atoms with E-state index in [-0.39, 0.29) is 5.91 Å². The molecule has 0 unspecified atom stereocenters. The van der Waals surface area contributed by atoms with Gasteiger partial charge in [-0.2, -0.15) is 16.9 Å². The minimum atomic E-state index is -1.01. The molecule has 1 heterocycles. The van der Waals surface area contributed by atoms with Crippen molar-refractivity contribution in [1.82, 2.24) is 15.1 Å². The summed E-state index contributed by atoms with van der Waals surface area (Å²) >= 11 is 1.55. The maximum absolute atomic E-state index is 12.1. The second kappa shape index (κ2) is 7.18. The average molecular weight is 285 g/mol. The number of rotatable bonds is 7. The lowest BCUT2D eigenvalue weighted by Gasteiger charge is -2.13. The summed E-state index contributed by atoms with van der Waals surface area (Å²) in [6, 6.07) is -0.857. The third-order valence-electron chi connectivity index (χ3n) is 2.70. The van der Waals surface area contributed by atoms with Crippen molar-refractivity contribution in [2.24, 2.45) is 7.05 Å². The Kier molecular flexibility index (Phi) is 5.88. The first kappa shape index (κ1) is 15.6. The summed E-state index contributed by atoms with van der Waals surface area (Å²) < 4.78 is 1.56.